The van der Waals surface area contributed by atoms with Crippen molar-refractivity contribution in [2.24, 2.45) is 0 Å². The SMILES string of the molecule is BOC(C)C(=O)C=O. The highest BCUT2D eigenvalue weighted by Gasteiger charge is 2.07. The molecule has 4 heteroatoms. The molecule has 44 valence electrons. The smallest absolute Gasteiger partial charge is 0.258 e. The molecule has 0 radical (unpaired) electrons. The van der Waals surface area contributed by atoms with Gasteiger partial charge in [-0.05, 0) is 6.92 Å². The Morgan fingerprint density at radius 2 is 2.38 bits per heavy atom. The first-order chi connectivity index (χ1) is 3.72. The van der Waals surface area contributed by atoms with Gasteiger partial charge in [-0.25, -0.2) is 0 Å². The van der Waals surface area contributed by atoms with Crippen LogP contribution in [0.3, 0.4) is 0 Å². The van der Waals surface area contributed by atoms with Crippen LogP contribution < -0.4 is 0 Å². The van der Waals surface area contributed by atoms with Gasteiger partial charge in [-0.3, -0.25) is 9.59 Å². The third kappa shape index (κ3) is 1.88. The van der Waals surface area contributed by atoms with E-state index in [0.717, 1.165) is 0 Å². The summed E-state index contributed by atoms with van der Waals surface area (Å²) in [5.74, 6) is -0.521. The molecule has 0 aliphatic carbocycles. The normalized spacial score (nSPS) is 12.6. The van der Waals surface area contributed by atoms with Crippen molar-refractivity contribution in [1.82, 2.24) is 0 Å². The van der Waals surface area contributed by atoms with Gasteiger partial charge in [0, 0.05) is 0 Å². The maximum Gasteiger partial charge on any atom is 0.258 e. The third-order valence-corrected chi connectivity index (χ3v) is 0.870. The molecule has 0 saturated heterocycles. The van der Waals surface area contributed by atoms with Crippen LogP contribution in [0.25, 0.3) is 0 Å². The van der Waals surface area contributed by atoms with Gasteiger partial charge in [0.15, 0.2) is 6.29 Å². The topological polar surface area (TPSA) is 43.4 Å². The van der Waals surface area contributed by atoms with E-state index >= 15 is 0 Å². The van der Waals surface area contributed by atoms with E-state index in [0.29, 0.717) is 0 Å². The lowest BCUT2D eigenvalue weighted by molar-refractivity contribution is -0.133. The van der Waals surface area contributed by atoms with E-state index in [4.69, 9.17) is 0 Å². The molecule has 1 atom stereocenters. The van der Waals surface area contributed by atoms with Crippen molar-refractivity contribution in [1.29, 1.82) is 0 Å². The van der Waals surface area contributed by atoms with Crippen molar-refractivity contribution < 1.29 is 14.2 Å². The maximum absolute atomic E-state index is 10.2. The number of hydrogen-bond donors (Lipinski definition) is 0. The molecule has 0 saturated carbocycles. The van der Waals surface area contributed by atoms with E-state index in [-0.39, 0.29) is 6.29 Å². The number of carbonyl (C=O) groups is 2. The Kier molecular flexibility index (Phi) is 3.11. The molecule has 3 nitrogen and oxygen atoms in total. The molecule has 1 unspecified atom stereocenters. The lowest BCUT2D eigenvalue weighted by Crippen LogP contribution is -2.20. The van der Waals surface area contributed by atoms with Crippen LogP contribution in [0.15, 0.2) is 0 Å². The van der Waals surface area contributed by atoms with Gasteiger partial charge in [-0.15, -0.1) is 0 Å². The molecule has 0 amide bonds. The van der Waals surface area contributed by atoms with Crippen molar-refractivity contribution in [3.05, 3.63) is 0 Å². The lowest BCUT2D eigenvalue weighted by Gasteiger charge is -2.00. The van der Waals surface area contributed by atoms with Crippen molar-refractivity contribution >= 4 is 20.1 Å². The summed E-state index contributed by atoms with van der Waals surface area (Å²) in [5, 5.41) is 0. The summed E-state index contributed by atoms with van der Waals surface area (Å²) in [6, 6.07) is 0. The fraction of sp³-hybridized carbons (Fsp3) is 0.500. The van der Waals surface area contributed by atoms with Crippen LogP contribution in [0.5, 0.6) is 0 Å². The van der Waals surface area contributed by atoms with Gasteiger partial charge in [-0.1, -0.05) is 0 Å². The van der Waals surface area contributed by atoms with Gasteiger partial charge in [0.25, 0.3) is 8.05 Å². The predicted octanol–water partition coefficient (Wildman–Crippen LogP) is -1.29. The van der Waals surface area contributed by atoms with Gasteiger partial charge < -0.3 is 4.65 Å². The van der Waals surface area contributed by atoms with Crippen LogP contribution in [0.4, 0.5) is 0 Å². The summed E-state index contributed by atoms with van der Waals surface area (Å²) in [6.45, 7) is 1.52. The van der Waals surface area contributed by atoms with E-state index in [1.54, 1.807) is 0 Å². The second-order valence-electron chi connectivity index (χ2n) is 1.40. The van der Waals surface area contributed by atoms with Crippen molar-refractivity contribution in [3.63, 3.8) is 0 Å². The summed E-state index contributed by atoms with van der Waals surface area (Å²) >= 11 is 0. The van der Waals surface area contributed by atoms with Crippen molar-refractivity contribution in [2.45, 2.75) is 13.0 Å². The van der Waals surface area contributed by atoms with E-state index in [1.807, 2.05) is 0 Å². The molecule has 0 aliphatic rings. The molecule has 0 aliphatic heterocycles. The van der Waals surface area contributed by atoms with E-state index in [9.17, 15) is 9.59 Å². The first-order valence-corrected chi connectivity index (χ1v) is 2.24. The minimum absolute atomic E-state index is 0.258. The Morgan fingerprint density at radius 1 is 1.88 bits per heavy atom. The second-order valence-corrected chi connectivity index (χ2v) is 1.40. The van der Waals surface area contributed by atoms with E-state index in [2.05, 4.69) is 4.65 Å². The molecule has 0 aromatic rings. The molecule has 0 spiro atoms. The number of hydrogen-bond acceptors (Lipinski definition) is 3. The molecule has 0 rings (SSSR count). The molecule has 0 N–H and O–H groups in total. The molecule has 0 fully saturated rings. The Hall–Kier alpha value is -0.635. The average Bonchev–Trinajstić information content (AvgIpc) is 1.84. The zero-order chi connectivity index (χ0) is 6.57. The zero-order valence-electron chi connectivity index (χ0n) is 4.88. The number of rotatable bonds is 3. The van der Waals surface area contributed by atoms with Gasteiger partial charge >= 0.3 is 0 Å². The number of carbonyl (C=O) groups excluding carboxylic acids is 2. The summed E-state index contributed by atoms with van der Waals surface area (Å²) < 4.78 is 4.52. The van der Waals surface area contributed by atoms with Crippen LogP contribution in [0.2, 0.25) is 0 Å². The van der Waals surface area contributed by atoms with Crippen LogP contribution in [-0.4, -0.2) is 26.2 Å². The minimum Gasteiger partial charge on any atom is -0.435 e. The van der Waals surface area contributed by atoms with Crippen LogP contribution in [-0.2, 0) is 14.2 Å². The molecule has 0 aromatic heterocycles. The highest BCUT2D eigenvalue weighted by atomic mass is 16.4. The number of ketones is 1. The van der Waals surface area contributed by atoms with Crippen molar-refractivity contribution in [2.75, 3.05) is 0 Å². The van der Waals surface area contributed by atoms with Crippen LogP contribution in [0.1, 0.15) is 6.92 Å². The van der Waals surface area contributed by atoms with Gasteiger partial charge in [0.2, 0.25) is 5.78 Å². The molecule has 0 bridgehead atoms. The minimum atomic E-state index is -0.590. The summed E-state index contributed by atoms with van der Waals surface area (Å²) in [6.07, 6.45) is -0.332. The van der Waals surface area contributed by atoms with E-state index in [1.165, 1.54) is 15.0 Å². The quantitative estimate of drug-likeness (QED) is 0.260. The summed E-state index contributed by atoms with van der Waals surface area (Å²) in [7, 11) is 1.38. The molecule has 0 heterocycles. The Bertz CT molecular complexity index is 101. The fourth-order valence-electron chi connectivity index (χ4n) is 0.212. The Labute approximate surface area is 48.5 Å². The first kappa shape index (κ1) is 7.36. The number of aldehydes is 1. The summed E-state index contributed by atoms with van der Waals surface area (Å²) in [5.41, 5.74) is 0. The van der Waals surface area contributed by atoms with Gasteiger partial charge in [0.1, 0.15) is 6.10 Å². The molecular weight excluding hydrogens is 107 g/mol. The van der Waals surface area contributed by atoms with Crippen molar-refractivity contribution in [3.8, 4) is 0 Å². The Morgan fingerprint density at radius 3 is 2.50 bits per heavy atom. The second kappa shape index (κ2) is 3.38. The summed E-state index contributed by atoms with van der Waals surface area (Å²) in [4.78, 5) is 19.9. The predicted molar refractivity (Wildman–Crippen MR) is 30.2 cm³/mol. The van der Waals surface area contributed by atoms with Crippen LogP contribution >= 0.6 is 0 Å². The molecular formula is C4H7BO3. The fourth-order valence-corrected chi connectivity index (χ4v) is 0.212. The number of Topliss-reactive ketones (excluding diaryl/α,β-unsaturated/α-hetero) is 1. The van der Waals surface area contributed by atoms with Crippen LogP contribution in [0, 0.1) is 0 Å². The Balaban J connectivity index is 3.62. The third-order valence-electron chi connectivity index (χ3n) is 0.870. The standard InChI is InChI=1S/C4H7BO3/c1-3(8-5)4(7)2-6/h2-3H,5H2,1H3. The lowest BCUT2D eigenvalue weighted by atomic mass is 10.3. The first-order valence-electron chi connectivity index (χ1n) is 2.24. The maximum atomic E-state index is 10.2. The highest BCUT2D eigenvalue weighted by molar-refractivity contribution is 6.27. The average molecular weight is 114 g/mol. The largest absolute Gasteiger partial charge is 0.435 e. The van der Waals surface area contributed by atoms with Gasteiger partial charge in [0.05, 0.1) is 0 Å². The van der Waals surface area contributed by atoms with E-state index < -0.39 is 11.9 Å². The zero-order valence-corrected chi connectivity index (χ0v) is 4.88. The van der Waals surface area contributed by atoms with Gasteiger partial charge in [-0.2, -0.15) is 0 Å². The highest BCUT2D eigenvalue weighted by Crippen LogP contribution is 1.84. The monoisotopic (exact) mass is 114 g/mol. The molecule has 8 heavy (non-hydrogen) atoms. The molecule has 0 aromatic carbocycles.